The zero-order valence-corrected chi connectivity index (χ0v) is 22.3. The molecule has 0 aliphatic carbocycles. The molecule has 2 amide bonds. The maximum absolute atomic E-state index is 13.8. The minimum Gasteiger partial charge on any atom is -0.497 e. The van der Waals surface area contributed by atoms with Gasteiger partial charge in [0.2, 0.25) is 17.6 Å². The van der Waals surface area contributed by atoms with Crippen LogP contribution in [0.15, 0.2) is 58.3 Å². The number of carbonyl (C=O) groups is 2. The first-order valence-electron chi connectivity index (χ1n) is 11.8. The van der Waals surface area contributed by atoms with Crippen LogP contribution in [0.3, 0.4) is 0 Å². The Morgan fingerprint density at radius 2 is 1.92 bits per heavy atom. The molecule has 0 saturated heterocycles. The van der Waals surface area contributed by atoms with Crippen molar-refractivity contribution in [2.24, 2.45) is 0 Å². The highest BCUT2D eigenvalue weighted by Gasteiger charge is 2.34. The van der Waals surface area contributed by atoms with Crippen molar-refractivity contribution in [3.63, 3.8) is 0 Å². The lowest BCUT2D eigenvalue weighted by Gasteiger charge is -2.33. The highest BCUT2D eigenvalue weighted by molar-refractivity contribution is 7.10. The molecule has 4 rings (SSSR count). The highest BCUT2D eigenvalue weighted by Crippen LogP contribution is 2.29. The van der Waals surface area contributed by atoms with Gasteiger partial charge >= 0.3 is 0 Å². The zero-order valence-electron chi connectivity index (χ0n) is 21.5. The molecule has 1 N–H and O–H groups in total. The molecular weight excluding hydrogens is 492 g/mol. The predicted octanol–water partition coefficient (Wildman–Crippen LogP) is 4.00. The summed E-state index contributed by atoms with van der Waals surface area (Å²) < 4.78 is 10.8. The average Bonchev–Trinajstić information content (AvgIpc) is 3.60. The minimum atomic E-state index is -0.843. The van der Waals surface area contributed by atoms with E-state index in [0.717, 1.165) is 16.2 Å². The Kier molecular flexibility index (Phi) is 7.72. The Morgan fingerprint density at radius 1 is 1.16 bits per heavy atom. The molecule has 194 valence electrons. The van der Waals surface area contributed by atoms with Crippen LogP contribution in [0, 0.1) is 6.92 Å². The van der Waals surface area contributed by atoms with E-state index in [-0.39, 0.29) is 30.7 Å². The van der Waals surface area contributed by atoms with Crippen molar-refractivity contribution < 1.29 is 18.7 Å². The smallest absolute Gasteiger partial charge is 0.248 e. The van der Waals surface area contributed by atoms with E-state index in [4.69, 9.17) is 9.15 Å². The van der Waals surface area contributed by atoms with Crippen molar-refractivity contribution in [3.05, 3.63) is 70.1 Å². The lowest BCUT2D eigenvalue weighted by molar-refractivity contribution is -0.143. The van der Waals surface area contributed by atoms with Crippen LogP contribution in [0.2, 0.25) is 0 Å². The number of aromatic nitrogens is 4. The van der Waals surface area contributed by atoms with E-state index in [0.29, 0.717) is 11.5 Å². The summed E-state index contributed by atoms with van der Waals surface area (Å²) in [6.45, 7) is 7.53. The third kappa shape index (κ3) is 6.62. The molecule has 4 aromatic rings. The number of benzene rings is 1. The summed E-state index contributed by atoms with van der Waals surface area (Å²) in [5, 5.41) is 17.3. The number of methoxy groups -OCH3 is 1. The monoisotopic (exact) mass is 522 g/mol. The maximum Gasteiger partial charge on any atom is 0.248 e. The maximum atomic E-state index is 13.8. The molecule has 0 saturated carbocycles. The van der Waals surface area contributed by atoms with E-state index in [1.165, 1.54) is 16.1 Å². The van der Waals surface area contributed by atoms with Crippen LogP contribution < -0.4 is 10.1 Å². The number of tetrazole rings is 1. The predicted molar refractivity (Wildman–Crippen MR) is 139 cm³/mol. The molecule has 0 bridgehead atoms. The van der Waals surface area contributed by atoms with E-state index in [1.807, 2.05) is 69.5 Å². The molecule has 3 aromatic heterocycles. The number of nitrogens with one attached hydrogen (secondary N) is 1. The van der Waals surface area contributed by atoms with Crippen molar-refractivity contribution in [2.45, 2.75) is 52.4 Å². The van der Waals surface area contributed by atoms with Crippen LogP contribution in [0.4, 0.5) is 0 Å². The summed E-state index contributed by atoms with van der Waals surface area (Å²) in [7, 11) is 1.60. The van der Waals surface area contributed by atoms with Crippen LogP contribution in [0.1, 0.15) is 43.0 Å². The fraction of sp³-hybridized carbons (Fsp3) is 0.346. The number of furan rings is 1. The number of carbonyl (C=O) groups excluding carboxylic acids is 2. The summed E-state index contributed by atoms with van der Waals surface area (Å²) in [6.07, 6.45) is 0. The molecule has 3 heterocycles. The molecule has 0 unspecified atom stereocenters. The van der Waals surface area contributed by atoms with Crippen LogP contribution >= 0.6 is 11.3 Å². The Balaban J connectivity index is 1.66. The minimum absolute atomic E-state index is 0.196. The highest BCUT2D eigenvalue weighted by atomic mass is 32.1. The van der Waals surface area contributed by atoms with Gasteiger partial charge in [-0.3, -0.25) is 9.59 Å². The van der Waals surface area contributed by atoms with Gasteiger partial charge in [0.25, 0.3) is 0 Å². The van der Waals surface area contributed by atoms with Gasteiger partial charge in [0, 0.05) is 17.0 Å². The van der Waals surface area contributed by atoms with Crippen LogP contribution in [-0.4, -0.2) is 49.6 Å². The van der Waals surface area contributed by atoms with Gasteiger partial charge in [0.05, 0.1) is 7.11 Å². The largest absolute Gasteiger partial charge is 0.497 e. The first kappa shape index (κ1) is 26.1. The Labute approximate surface area is 219 Å². The topological polar surface area (TPSA) is 115 Å². The molecule has 1 atom stereocenters. The number of amides is 2. The molecule has 0 aliphatic rings. The van der Waals surface area contributed by atoms with Crippen molar-refractivity contribution >= 4 is 23.2 Å². The molecule has 10 nitrogen and oxygen atoms in total. The quantitative estimate of drug-likeness (QED) is 0.353. The van der Waals surface area contributed by atoms with Gasteiger partial charge in [-0.15, -0.1) is 21.5 Å². The summed E-state index contributed by atoms with van der Waals surface area (Å²) in [6, 6.07) is 13.8. The van der Waals surface area contributed by atoms with Crippen LogP contribution in [-0.2, 0) is 22.7 Å². The van der Waals surface area contributed by atoms with Gasteiger partial charge in [-0.25, -0.2) is 0 Å². The number of nitrogens with zero attached hydrogens (tertiary/aromatic N) is 5. The van der Waals surface area contributed by atoms with Crippen molar-refractivity contribution in [3.8, 4) is 17.3 Å². The molecule has 1 aromatic carbocycles. The zero-order chi connectivity index (χ0) is 26.6. The fourth-order valence-corrected chi connectivity index (χ4v) is 4.57. The number of ether oxygens (including phenoxy) is 1. The second-order valence-corrected chi connectivity index (χ2v) is 10.6. The molecule has 11 heteroatoms. The van der Waals surface area contributed by atoms with Gasteiger partial charge in [-0.1, -0.05) is 18.2 Å². The summed E-state index contributed by atoms with van der Waals surface area (Å²) in [5.41, 5.74) is 0.364. The second kappa shape index (κ2) is 11.0. The van der Waals surface area contributed by atoms with Gasteiger partial charge in [-0.2, -0.15) is 4.80 Å². The Bertz CT molecular complexity index is 1340. The lowest BCUT2D eigenvalue weighted by Crippen LogP contribution is -2.49. The molecule has 0 spiro atoms. The standard InChI is InChI=1S/C26H30N6O4S/c1-17-8-13-20(36-17)24-28-30-32(29-24)16-22(33)31(15-18-9-11-19(35-5)12-10-18)23(21-7-6-14-37-21)25(34)27-26(2,3)4/h6-14,23H,15-16H2,1-5H3,(H,27,34)/t23-/m0/s1. The van der Waals surface area contributed by atoms with E-state index >= 15 is 0 Å². The summed E-state index contributed by atoms with van der Waals surface area (Å²) in [5.74, 6) is 1.56. The third-order valence-corrected chi connectivity index (χ3v) is 6.32. The first-order valence-corrected chi connectivity index (χ1v) is 12.6. The molecular formula is C26H30N6O4S. The fourth-order valence-electron chi connectivity index (χ4n) is 3.74. The molecule has 37 heavy (non-hydrogen) atoms. The summed E-state index contributed by atoms with van der Waals surface area (Å²) >= 11 is 1.42. The third-order valence-electron chi connectivity index (χ3n) is 5.39. The van der Waals surface area contributed by atoms with E-state index in [2.05, 4.69) is 20.7 Å². The van der Waals surface area contributed by atoms with Crippen molar-refractivity contribution in [2.75, 3.05) is 7.11 Å². The second-order valence-electron chi connectivity index (χ2n) is 9.58. The number of thiophene rings is 1. The van der Waals surface area contributed by atoms with E-state index in [9.17, 15) is 9.59 Å². The first-order chi connectivity index (χ1) is 17.6. The van der Waals surface area contributed by atoms with Gasteiger partial charge in [0.15, 0.2) is 5.76 Å². The number of aryl methyl sites for hydroxylation is 1. The molecule has 0 radical (unpaired) electrons. The Morgan fingerprint density at radius 3 is 2.51 bits per heavy atom. The average molecular weight is 523 g/mol. The molecule has 0 fully saturated rings. The van der Waals surface area contributed by atoms with Gasteiger partial charge in [-0.05, 0) is 74.2 Å². The van der Waals surface area contributed by atoms with Gasteiger partial charge in [0.1, 0.15) is 24.1 Å². The number of hydrogen-bond donors (Lipinski definition) is 1. The van der Waals surface area contributed by atoms with E-state index in [1.54, 1.807) is 24.1 Å². The molecule has 0 aliphatic heterocycles. The Hall–Kier alpha value is -3.99. The van der Waals surface area contributed by atoms with Gasteiger partial charge < -0.3 is 19.4 Å². The lowest BCUT2D eigenvalue weighted by atomic mass is 10.1. The van der Waals surface area contributed by atoms with Crippen LogP contribution in [0.25, 0.3) is 11.6 Å². The number of hydrogen-bond acceptors (Lipinski definition) is 8. The van der Waals surface area contributed by atoms with Crippen molar-refractivity contribution in [1.29, 1.82) is 0 Å². The van der Waals surface area contributed by atoms with Crippen molar-refractivity contribution in [1.82, 2.24) is 30.4 Å². The van der Waals surface area contributed by atoms with E-state index < -0.39 is 11.6 Å². The summed E-state index contributed by atoms with van der Waals surface area (Å²) in [4.78, 5) is 30.8. The van der Waals surface area contributed by atoms with Crippen LogP contribution in [0.5, 0.6) is 5.75 Å². The number of rotatable bonds is 9. The SMILES string of the molecule is COc1ccc(CN(C(=O)Cn2nnc(-c3ccc(C)o3)n2)[C@H](C(=O)NC(C)(C)C)c2cccs2)cc1. The normalized spacial score (nSPS) is 12.2.